The number of carbonyl (C=O) groups excluding carboxylic acids is 2. The molecular weight excluding hydrogens is 418 g/mol. The van der Waals surface area contributed by atoms with Crippen LogP contribution in [-0.4, -0.2) is 55.1 Å². The highest BCUT2D eigenvalue weighted by molar-refractivity contribution is 5.94. The second-order valence-corrected chi connectivity index (χ2v) is 8.29. The number of benzene rings is 2. The van der Waals surface area contributed by atoms with E-state index < -0.39 is 0 Å². The summed E-state index contributed by atoms with van der Waals surface area (Å²) in [6, 6.07) is 15.1. The largest absolute Gasteiger partial charge is 0.490 e. The summed E-state index contributed by atoms with van der Waals surface area (Å²) in [4.78, 5) is 26.5. The SMILES string of the molecule is CCOc1cc(CNCCNC(=O)c2ccccc2)ccc1OCC(=O)N(C(C)C)C(C)C. The molecule has 7 nitrogen and oxygen atoms in total. The van der Waals surface area contributed by atoms with Crippen molar-refractivity contribution in [1.82, 2.24) is 15.5 Å². The van der Waals surface area contributed by atoms with E-state index in [4.69, 9.17) is 9.47 Å². The molecule has 0 aliphatic heterocycles. The van der Waals surface area contributed by atoms with Gasteiger partial charge in [-0.05, 0) is 64.4 Å². The minimum atomic E-state index is -0.0828. The van der Waals surface area contributed by atoms with Crippen molar-refractivity contribution < 1.29 is 19.1 Å². The number of amides is 2. The molecule has 0 unspecified atom stereocenters. The van der Waals surface area contributed by atoms with Crippen LogP contribution in [-0.2, 0) is 11.3 Å². The van der Waals surface area contributed by atoms with Crippen LogP contribution in [0, 0.1) is 0 Å². The molecule has 2 rings (SSSR count). The molecule has 0 saturated heterocycles. The Morgan fingerprint density at radius 2 is 1.61 bits per heavy atom. The summed E-state index contributed by atoms with van der Waals surface area (Å²) in [7, 11) is 0. The smallest absolute Gasteiger partial charge is 0.260 e. The van der Waals surface area contributed by atoms with Crippen molar-refractivity contribution in [2.24, 2.45) is 0 Å². The predicted molar refractivity (Wildman–Crippen MR) is 131 cm³/mol. The highest BCUT2D eigenvalue weighted by Gasteiger charge is 2.21. The fourth-order valence-corrected chi connectivity index (χ4v) is 3.62. The van der Waals surface area contributed by atoms with E-state index in [0.717, 1.165) is 5.56 Å². The van der Waals surface area contributed by atoms with E-state index in [0.29, 0.717) is 43.3 Å². The third kappa shape index (κ3) is 8.42. The standard InChI is InChI=1S/C26H37N3O4/c1-6-32-24-16-21(17-27-14-15-28-26(31)22-10-8-7-9-11-22)12-13-23(24)33-18-25(30)29(19(2)3)20(4)5/h7-13,16,19-20,27H,6,14-15,17-18H2,1-5H3,(H,28,31). The molecule has 0 atom stereocenters. The van der Waals surface area contributed by atoms with Crippen molar-refractivity contribution in [2.75, 3.05) is 26.3 Å². The van der Waals surface area contributed by atoms with E-state index in [1.54, 1.807) is 12.1 Å². The van der Waals surface area contributed by atoms with Crippen LogP contribution in [0.2, 0.25) is 0 Å². The molecule has 0 aromatic heterocycles. The maximum atomic E-state index is 12.6. The van der Waals surface area contributed by atoms with E-state index in [1.807, 2.05) is 75.9 Å². The molecule has 0 aliphatic carbocycles. The van der Waals surface area contributed by atoms with E-state index in [2.05, 4.69) is 10.6 Å². The Labute approximate surface area is 197 Å². The lowest BCUT2D eigenvalue weighted by molar-refractivity contribution is -0.137. The van der Waals surface area contributed by atoms with Crippen LogP contribution in [0.15, 0.2) is 48.5 Å². The predicted octanol–water partition coefficient (Wildman–Crippen LogP) is 3.63. The number of hydrogen-bond donors (Lipinski definition) is 2. The number of nitrogens with zero attached hydrogens (tertiary/aromatic N) is 1. The second-order valence-electron chi connectivity index (χ2n) is 8.29. The minimum Gasteiger partial charge on any atom is -0.490 e. The number of nitrogens with one attached hydrogen (secondary N) is 2. The van der Waals surface area contributed by atoms with E-state index in [9.17, 15) is 9.59 Å². The Balaban J connectivity index is 1.85. The first-order valence-electron chi connectivity index (χ1n) is 11.6. The van der Waals surface area contributed by atoms with Gasteiger partial charge < -0.3 is 25.0 Å². The van der Waals surface area contributed by atoms with E-state index in [-0.39, 0.29) is 30.5 Å². The Kier molecular flexibility index (Phi) is 10.7. The van der Waals surface area contributed by atoms with Gasteiger partial charge in [-0.1, -0.05) is 24.3 Å². The van der Waals surface area contributed by atoms with Crippen LogP contribution in [0.25, 0.3) is 0 Å². The summed E-state index contributed by atoms with van der Waals surface area (Å²) in [6.45, 7) is 12.1. The van der Waals surface area contributed by atoms with Crippen LogP contribution >= 0.6 is 0 Å². The van der Waals surface area contributed by atoms with Gasteiger partial charge in [0.25, 0.3) is 11.8 Å². The summed E-state index contributed by atoms with van der Waals surface area (Å²) in [5, 5.41) is 6.21. The molecule has 33 heavy (non-hydrogen) atoms. The maximum absolute atomic E-state index is 12.6. The summed E-state index contributed by atoms with van der Waals surface area (Å²) < 4.78 is 11.6. The zero-order chi connectivity index (χ0) is 24.2. The van der Waals surface area contributed by atoms with Gasteiger partial charge >= 0.3 is 0 Å². The molecule has 2 N–H and O–H groups in total. The third-order valence-corrected chi connectivity index (χ3v) is 5.01. The fourth-order valence-electron chi connectivity index (χ4n) is 3.62. The molecule has 7 heteroatoms. The molecule has 2 aromatic rings. The number of carbonyl (C=O) groups is 2. The zero-order valence-corrected chi connectivity index (χ0v) is 20.4. The maximum Gasteiger partial charge on any atom is 0.260 e. The highest BCUT2D eigenvalue weighted by atomic mass is 16.5. The molecule has 0 fully saturated rings. The van der Waals surface area contributed by atoms with Gasteiger partial charge in [0.1, 0.15) is 0 Å². The van der Waals surface area contributed by atoms with Crippen LogP contribution in [0.3, 0.4) is 0 Å². The molecule has 0 saturated carbocycles. The summed E-state index contributed by atoms with van der Waals surface area (Å²) in [5.41, 5.74) is 1.68. The van der Waals surface area contributed by atoms with Crippen LogP contribution in [0.4, 0.5) is 0 Å². The lowest BCUT2D eigenvalue weighted by atomic mass is 10.2. The molecule has 0 radical (unpaired) electrons. The zero-order valence-electron chi connectivity index (χ0n) is 20.4. The number of hydrogen-bond acceptors (Lipinski definition) is 5. The van der Waals surface area contributed by atoms with Crippen LogP contribution in [0.1, 0.15) is 50.5 Å². The number of rotatable bonds is 13. The van der Waals surface area contributed by atoms with Gasteiger partial charge in [-0.2, -0.15) is 0 Å². The molecule has 180 valence electrons. The topological polar surface area (TPSA) is 79.9 Å². The quantitative estimate of drug-likeness (QED) is 0.451. The van der Waals surface area contributed by atoms with E-state index in [1.165, 1.54) is 0 Å². The van der Waals surface area contributed by atoms with Crippen molar-refractivity contribution in [3.8, 4) is 11.5 Å². The van der Waals surface area contributed by atoms with Gasteiger partial charge in [-0.15, -0.1) is 0 Å². The average Bonchev–Trinajstić information content (AvgIpc) is 2.78. The average molecular weight is 456 g/mol. The molecule has 0 aliphatic rings. The lowest BCUT2D eigenvalue weighted by Gasteiger charge is -2.30. The first-order chi connectivity index (χ1) is 15.8. The van der Waals surface area contributed by atoms with Crippen LogP contribution < -0.4 is 20.1 Å². The lowest BCUT2D eigenvalue weighted by Crippen LogP contribution is -2.44. The monoisotopic (exact) mass is 455 g/mol. The third-order valence-electron chi connectivity index (χ3n) is 5.01. The second kappa shape index (κ2) is 13.5. The Morgan fingerprint density at radius 1 is 0.909 bits per heavy atom. The molecular formula is C26H37N3O4. The normalized spacial score (nSPS) is 10.9. The van der Waals surface area contributed by atoms with Gasteiger partial charge in [-0.25, -0.2) is 0 Å². The van der Waals surface area contributed by atoms with Gasteiger partial charge in [0.2, 0.25) is 0 Å². The van der Waals surface area contributed by atoms with Gasteiger partial charge in [0.05, 0.1) is 6.61 Å². The van der Waals surface area contributed by atoms with Crippen molar-refractivity contribution in [1.29, 1.82) is 0 Å². The van der Waals surface area contributed by atoms with Crippen molar-refractivity contribution >= 4 is 11.8 Å². The van der Waals surface area contributed by atoms with Gasteiger partial charge in [-0.3, -0.25) is 9.59 Å². The Hall–Kier alpha value is -3.06. The fraction of sp³-hybridized carbons (Fsp3) is 0.462. The van der Waals surface area contributed by atoms with Crippen molar-refractivity contribution in [2.45, 2.75) is 53.2 Å². The van der Waals surface area contributed by atoms with Crippen molar-refractivity contribution in [3.63, 3.8) is 0 Å². The Bertz CT molecular complexity index is 876. The van der Waals surface area contributed by atoms with E-state index >= 15 is 0 Å². The van der Waals surface area contributed by atoms with Gasteiger partial charge in [0, 0.05) is 37.3 Å². The van der Waals surface area contributed by atoms with Gasteiger partial charge in [0.15, 0.2) is 18.1 Å². The molecule has 0 spiro atoms. The molecule has 2 amide bonds. The first-order valence-corrected chi connectivity index (χ1v) is 11.6. The Morgan fingerprint density at radius 3 is 2.24 bits per heavy atom. The minimum absolute atomic E-state index is 0.0326. The molecule has 2 aromatic carbocycles. The summed E-state index contributed by atoms with van der Waals surface area (Å²) in [6.07, 6.45) is 0. The summed E-state index contributed by atoms with van der Waals surface area (Å²) in [5.74, 6) is 1.03. The highest BCUT2D eigenvalue weighted by Crippen LogP contribution is 2.28. The number of ether oxygens (including phenoxy) is 2. The van der Waals surface area contributed by atoms with Crippen LogP contribution in [0.5, 0.6) is 11.5 Å². The van der Waals surface area contributed by atoms with Crippen molar-refractivity contribution in [3.05, 3.63) is 59.7 Å². The summed E-state index contributed by atoms with van der Waals surface area (Å²) >= 11 is 0. The molecule has 0 heterocycles. The molecule has 0 bridgehead atoms. The first kappa shape index (κ1) is 26.2.